The van der Waals surface area contributed by atoms with Crippen LogP contribution in [0.15, 0.2) is 103 Å². The maximum absolute atomic E-state index is 14.9. The van der Waals surface area contributed by atoms with Crippen LogP contribution in [0.5, 0.6) is 0 Å². The van der Waals surface area contributed by atoms with Crippen molar-refractivity contribution >= 4 is 40.6 Å². The van der Waals surface area contributed by atoms with Gasteiger partial charge in [0.2, 0.25) is 5.91 Å². The molecular formula is C36H29N3O5. The normalized spacial score (nSPS) is 22.7. The third kappa shape index (κ3) is 3.94. The lowest BCUT2D eigenvalue weighted by molar-refractivity contribution is -0.384. The van der Waals surface area contributed by atoms with E-state index in [1.165, 1.54) is 24.3 Å². The zero-order chi connectivity index (χ0) is 30.6. The van der Waals surface area contributed by atoms with Crippen molar-refractivity contribution in [2.75, 3.05) is 10.2 Å². The second-order valence-electron chi connectivity index (χ2n) is 11.5. The molecule has 44 heavy (non-hydrogen) atoms. The highest BCUT2D eigenvalue weighted by atomic mass is 16.6. The van der Waals surface area contributed by atoms with Gasteiger partial charge in [-0.15, -0.1) is 0 Å². The van der Waals surface area contributed by atoms with Crippen molar-refractivity contribution in [1.29, 1.82) is 0 Å². The summed E-state index contributed by atoms with van der Waals surface area (Å²) >= 11 is 0. The number of carbonyl (C=O) groups is 3. The number of nitro benzene ring substituents is 1. The van der Waals surface area contributed by atoms with Crippen molar-refractivity contribution in [2.45, 2.75) is 37.3 Å². The van der Waals surface area contributed by atoms with Crippen LogP contribution in [0.2, 0.25) is 0 Å². The molecule has 1 N–H and O–H groups in total. The largest absolute Gasteiger partial charge is 0.352 e. The fourth-order valence-corrected chi connectivity index (χ4v) is 7.34. The molecule has 3 heterocycles. The summed E-state index contributed by atoms with van der Waals surface area (Å²) in [5, 5.41) is 14.4. The Balaban J connectivity index is 1.48. The monoisotopic (exact) mass is 583 g/mol. The van der Waals surface area contributed by atoms with Crippen LogP contribution in [0.1, 0.15) is 50.8 Å². The van der Waals surface area contributed by atoms with E-state index < -0.39 is 28.3 Å². The molecule has 3 aliphatic rings. The minimum Gasteiger partial charge on any atom is -0.352 e. The van der Waals surface area contributed by atoms with E-state index in [4.69, 9.17) is 0 Å². The van der Waals surface area contributed by atoms with E-state index in [1.54, 1.807) is 12.1 Å². The van der Waals surface area contributed by atoms with Crippen LogP contribution < -0.4 is 10.2 Å². The second kappa shape index (κ2) is 10.4. The van der Waals surface area contributed by atoms with Gasteiger partial charge < -0.3 is 10.2 Å². The number of hydrogen-bond donors (Lipinski definition) is 1. The van der Waals surface area contributed by atoms with E-state index in [-0.39, 0.29) is 28.7 Å². The average Bonchev–Trinajstić information content (AvgIpc) is 3.53. The van der Waals surface area contributed by atoms with Crippen LogP contribution in [-0.4, -0.2) is 34.5 Å². The van der Waals surface area contributed by atoms with Gasteiger partial charge in [-0.1, -0.05) is 86.2 Å². The number of Topliss-reactive ketones (excluding diaryl/α,β-unsaturated/α-hetero) is 2. The first kappa shape index (κ1) is 27.5. The number of anilines is 2. The lowest BCUT2D eigenvalue weighted by Gasteiger charge is -2.37. The lowest BCUT2D eigenvalue weighted by atomic mass is 9.64. The molecule has 8 heteroatoms. The number of nitro groups is 1. The molecule has 8 nitrogen and oxygen atoms in total. The van der Waals surface area contributed by atoms with Crippen LogP contribution in [0.25, 0.3) is 6.08 Å². The Morgan fingerprint density at radius 2 is 1.55 bits per heavy atom. The highest BCUT2D eigenvalue weighted by Gasteiger charge is 2.70. The third-order valence-corrected chi connectivity index (χ3v) is 9.23. The molecule has 0 aromatic heterocycles. The first-order valence-electron chi connectivity index (χ1n) is 14.7. The summed E-state index contributed by atoms with van der Waals surface area (Å²) in [5.74, 6) is -2.13. The van der Waals surface area contributed by atoms with Crippen LogP contribution in [0.4, 0.5) is 17.1 Å². The summed E-state index contributed by atoms with van der Waals surface area (Å²) in [5.41, 5.74) is 3.08. The summed E-state index contributed by atoms with van der Waals surface area (Å²) in [6, 6.07) is 26.1. The summed E-state index contributed by atoms with van der Waals surface area (Å²) < 4.78 is 0. The molecule has 4 aromatic rings. The smallest absolute Gasteiger partial charge is 0.269 e. The van der Waals surface area contributed by atoms with Gasteiger partial charge in [-0.05, 0) is 47.4 Å². The third-order valence-electron chi connectivity index (χ3n) is 9.23. The maximum Gasteiger partial charge on any atom is 0.269 e. The zero-order valence-corrected chi connectivity index (χ0v) is 24.0. The number of nitrogens with one attached hydrogen (secondary N) is 1. The van der Waals surface area contributed by atoms with Crippen molar-refractivity contribution in [3.8, 4) is 0 Å². The van der Waals surface area contributed by atoms with E-state index in [0.29, 0.717) is 16.8 Å². The topological polar surface area (TPSA) is 110 Å². The average molecular weight is 584 g/mol. The van der Waals surface area contributed by atoms with Gasteiger partial charge in [0.1, 0.15) is 11.5 Å². The van der Waals surface area contributed by atoms with Gasteiger partial charge in [0.25, 0.3) is 5.69 Å². The van der Waals surface area contributed by atoms with Gasteiger partial charge in [-0.3, -0.25) is 24.5 Å². The zero-order valence-electron chi connectivity index (χ0n) is 24.0. The number of rotatable bonds is 7. The molecule has 218 valence electrons. The predicted octanol–water partition coefficient (Wildman–Crippen LogP) is 6.40. The summed E-state index contributed by atoms with van der Waals surface area (Å²) in [6.45, 7) is 2.09. The number of ketones is 2. The van der Waals surface area contributed by atoms with E-state index in [9.17, 15) is 24.5 Å². The van der Waals surface area contributed by atoms with E-state index in [2.05, 4.69) is 12.2 Å². The number of aryl methyl sites for hydroxylation is 1. The molecule has 0 saturated carbocycles. The Morgan fingerprint density at radius 3 is 2.27 bits per heavy atom. The van der Waals surface area contributed by atoms with Gasteiger partial charge in [0.15, 0.2) is 11.6 Å². The number of amides is 1. The first-order valence-corrected chi connectivity index (χ1v) is 14.7. The fraction of sp³-hybridized carbons (Fsp3) is 0.194. The number of benzene rings is 4. The Hall–Kier alpha value is -5.37. The van der Waals surface area contributed by atoms with E-state index in [0.717, 1.165) is 29.7 Å². The SMILES string of the molecule is CCCc1ccc(C(=O)[C@@H]2[C@H](C(=O)c3ccc([N+](=O)[O-])cc3)N3c4ccccc4C=C[C@@H]3[C@@]23C(=O)Nc2ccccc23)cc1. The molecular weight excluding hydrogens is 554 g/mol. The summed E-state index contributed by atoms with van der Waals surface area (Å²) in [4.78, 5) is 56.8. The molecule has 0 bridgehead atoms. The van der Waals surface area contributed by atoms with E-state index in [1.807, 2.05) is 77.7 Å². The number of para-hydroxylation sites is 2. The van der Waals surface area contributed by atoms with Crippen molar-refractivity contribution in [1.82, 2.24) is 0 Å². The number of non-ortho nitro benzene ring substituents is 1. The highest BCUT2D eigenvalue weighted by molar-refractivity contribution is 6.18. The van der Waals surface area contributed by atoms with Crippen LogP contribution in [0.3, 0.4) is 0 Å². The number of hydrogen-bond acceptors (Lipinski definition) is 6. The van der Waals surface area contributed by atoms with Crippen molar-refractivity contribution in [2.24, 2.45) is 5.92 Å². The standard InChI is InChI=1S/C36H29N3O5/c1-2-7-22-12-14-24(15-13-22)33(40)31-32(34(41)25-16-19-26(20-17-25)39(43)44)38-29-11-6-3-8-23(29)18-21-30(38)36(31)27-9-4-5-10-28(27)37-35(36)42/h3-6,8-21,30-32H,2,7H2,1H3,(H,37,42)/t30-,31+,32-,36-/m1/s1. The first-order chi connectivity index (χ1) is 21.4. The van der Waals surface area contributed by atoms with Crippen molar-refractivity contribution in [3.63, 3.8) is 0 Å². The van der Waals surface area contributed by atoms with Crippen LogP contribution in [0, 0.1) is 16.0 Å². The predicted molar refractivity (Wildman–Crippen MR) is 168 cm³/mol. The fourth-order valence-electron chi connectivity index (χ4n) is 7.34. The number of fused-ring (bicyclic) bond motifs is 6. The van der Waals surface area contributed by atoms with Crippen molar-refractivity contribution in [3.05, 3.63) is 141 Å². The molecule has 1 spiro atoms. The van der Waals surface area contributed by atoms with Gasteiger partial charge in [0, 0.05) is 34.6 Å². The Kier molecular flexibility index (Phi) is 6.50. The molecule has 3 aliphatic heterocycles. The quantitative estimate of drug-likeness (QED) is 0.153. The van der Waals surface area contributed by atoms with Crippen LogP contribution in [-0.2, 0) is 16.6 Å². The Morgan fingerprint density at radius 1 is 0.886 bits per heavy atom. The molecule has 4 aromatic carbocycles. The number of carbonyl (C=O) groups excluding carboxylic acids is 3. The molecule has 0 aliphatic carbocycles. The maximum atomic E-state index is 14.9. The molecule has 0 unspecified atom stereocenters. The molecule has 0 radical (unpaired) electrons. The van der Waals surface area contributed by atoms with Gasteiger partial charge >= 0.3 is 0 Å². The van der Waals surface area contributed by atoms with Gasteiger partial charge in [-0.25, -0.2) is 0 Å². The molecule has 1 fully saturated rings. The molecule has 4 atom stereocenters. The van der Waals surface area contributed by atoms with Gasteiger partial charge in [0.05, 0.1) is 16.9 Å². The molecule has 1 amide bonds. The van der Waals surface area contributed by atoms with Gasteiger partial charge in [-0.2, -0.15) is 0 Å². The number of nitrogens with zero attached hydrogens (tertiary/aromatic N) is 2. The molecule has 7 rings (SSSR count). The Bertz CT molecular complexity index is 1860. The second-order valence-corrected chi connectivity index (χ2v) is 11.5. The van der Waals surface area contributed by atoms with E-state index >= 15 is 0 Å². The molecule has 1 saturated heterocycles. The summed E-state index contributed by atoms with van der Waals surface area (Å²) in [7, 11) is 0. The lowest BCUT2D eigenvalue weighted by Crippen LogP contribution is -2.51. The highest BCUT2D eigenvalue weighted by Crippen LogP contribution is 2.58. The minimum absolute atomic E-state index is 0.141. The summed E-state index contributed by atoms with van der Waals surface area (Å²) in [6.07, 6.45) is 5.71. The van der Waals surface area contributed by atoms with Crippen LogP contribution >= 0.6 is 0 Å². The Labute approximate surface area is 254 Å². The minimum atomic E-state index is -1.42. The van der Waals surface area contributed by atoms with Crippen molar-refractivity contribution < 1.29 is 19.3 Å².